The van der Waals surface area contributed by atoms with Gasteiger partial charge in [0.25, 0.3) is 0 Å². The number of para-hydroxylation sites is 1. The number of hydrogen-bond acceptors (Lipinski definition) is 4. The van der Waals surface area contributed by atoms with Gasteiger partial charge in [-0.1, -0.05) is 18.2 Å². The maximum absolute atomic E-state index is 12.3. The second kappa shape index (κ2) is 6.93. The van der Waals surface area contributed by atoms with Gasteiger partial charge in [-0.3, -0.25) is 4.79 Å². The maximum atomic E-state index is 12.3. The third-order valence-electron chi connectivity index (χ3n) is 4.56. The molecule has 1 fully saturated rings. The molecule has 0 aliphatic carbocycles. The molecule has 0 atom stereocenters. The normalized spacial score (nSPS) is 14.2. The minimum Gasteiger partial charge on any atom is -0.357 e. The highest BCUT2D eigenvalue weighted by Gasteiger charge is 2.14. The molecule has 6 heteroatoms. The van der Waals surface area contributed by atoms with Gasteiger partial charge in [0, 0.05) is 31.0 Å². The molecule has 1 aliphatic heterocycles. The highest BCUT2D eigenvalue weighted by Crippen LogP contribution is 2.17. The van der Waals surface area contributed by atoms with Gasteiger partial charge < -0.3 is 14.8 Å². The van der Waals surface area contributed by atoms with E-state index < -0.39 is 0 Å². The zero-order valence-electron chi connectivity index (χ0n) is 14.1. The van der Waals surface area contributed by atoms with Crippen LogP contribution in [0.25, 0.3) is 10.9 Å². The number of hydrogen-bond donors (Lipinski definition) is 1. The van der Waals surface area contributed by atoms with Gasteiger partial charge in [0.05, 0.1) is 6.54 Å². The summed E-state index contributed by atoms with van der Waals surface area (Å²) in [5.74, 6) is 1.56. The van der Waals surface area contributed by atoms with Crippen molar-refractivity contribution in [3.63, 3.8) is 0 Å². The van der Waals surface area contributed by atoms with E-state index in [0.717, 1.165) is 29.8 Å². The van der Waals surface area contributed by atoms with E-state index in [0.29, 0.717) is 18.9 Å². The first-order valence-electron chi connectivity index (χ1n) is 8.67. The van der Waals surface area contributed by atoms with Crippen LogP contribution in [-0.2, 0) is 17.9 Å². The van der Waals surface area contributed by atoms with Gasteiger partial charge in [-0.05, 0) is 36.4 Å². The molecular formula is C19H21N5O. The van der Waals surface area contributed by atoms with Crippen molar-refractivity contribution in [3.05, 3.63) is 54.6 Å². The third kappa shape index (κ3) is 3.47. The highest BCUT2D eigenvalue weighted by molar-refractivity contribution is 5.83. The van der Waals surface area contributed by atoms with Crippen LogP contribution >= 0.6 is 0 Å². The van der Waals surface area contributed by atoms with Crippen LogP contribution in [-0.4, -0.2) is 33.5 Å². The maximum Gasteiger partial charge on any atom is 0.240 e. The summed E-state index contributed by atoms with van der Waals surface area (Å²) in [5.41, 5.74) is 1.06. The van der Waals surface area contributed by atoms with Crippen molar-refractivity contribution in [1.29, 1.82) is 0 Å². The topological polar surface area (TPSA) is 63.1 Å². The van der Waals surface area contributed by atoms with Gasteiger partial charge in [0.2, 0.25) is 5.91 Å². The van der Waals surface area contributed by atoms with Crippen LogP contribution in [0.1, 0.15) is 18.7 Å². The Hall–Kier alpha value is -2.89. The van der Waals surface area contributed by atoms with Crippen molar-refractivity contribution in [2.45, 2.75) is 25.9 Å². The smallest absolute Gasteiger partial charge is 0.240 e. The molecule has 0 unspecified atom stereocenters. The number of aromatic nitrogens is 3. The predicted octanol–water partition coefficient (Wildman–Crippen LogP) is 2.35. The number of fused-ring (bicyclic) bond motifs is 1. The summed E-state index contributed by atoms with van der Waals surface area (Å²) in [5, 5.41) is 4.05. The van der Waals surface area contributed by atoms with Crippen LogP contribution < -0.4 is 10.2 Å². The van der Waals surface area contributed by atoms with Crippen LogP contribution in [0.15, 0.2) is 48.8 Å². The minimum atomic E-state index is -0.0449. The summed E-state index contributed by atoms with van der Waals surface area (Å²) < 4.78 is 1.95. The standard InChI is InChI=1S/C19H21N5O/c25-19(14-24-12-8-15-5-1-2-6-16(15)24)21-13-17-20-9-7-18(22-17)23-10-3-4-11-23/h1-2,5-9,12H,3-4,10-11,13-14H2,(H,21,25). The summed E-state index contributed by atoms with van der Waals surface area (Å²) >= 11 is 0. The lowest BCUT2D eigenvalue weighted by molar-refractivity contribution is -0.121. The molecule has 4 rings (SSSR count). The summed E-state index contributed by atoms with van der Waals surface area (Å²) in [7, 11) is 0. The zero-order chi connectivity index (χ0) is 17.1. The van der Waals surface area contributed by atoms with E-state index in [4.69, 9.17) is 0 Å². The molecule has 1 N–H and O–H groups in total. The first-order chi connectivity index (χ1) is 12.3. The Bertz CT molecular complexity index is 882. The fourth-order valence-corrected chi connectivity index (χ4v) is 3.26. The Kier molecular flexibility index (Phi) is 4.33. The number of nitrogens with one attached hydrogen (secondary N) is 1. The Morgan fingerprint density at radius 3 is 2.84 bits per heavy atom. The summed E-state index contributed by atoms with van der Waals surface area (Å²) in [6.45, 7) is 2.73. The first-order valence-corrected chi connectivity index (χ1v) is 8.67. The molecule has 2 aromatic heterocycles. The summed E-state index contributed by atoms with van der Waals surface area (Å²) in [6.07, 6.45) is 6.12. The average molecular weight is 335 g/mol. The summed E-state index contributed by atoms with van der Waals surface area (Å²) in [6, 6.07) is 12.0. The molecule has 1 aliphatic rings. The molecule has 0 bridgehead atoms. The van der Waals surface area contributed by atoms with E-state index in [-0.39, 0.29) is 5.91 Å². The monoisotopic (exact) mass is 335 g/mol. The lowest BCUT2D eigenvalue weighted by atomic mass is 10.2. The summed E-state index contributed by atoms with van der Waals surface area (Å²) in [4.78, 5) is 23.4. The number of nitrogens with zero attached hydrogens (tertiary/aromatic N) is 4. The molecule has 1 saturated heterocycles. The lowest BCUT2D eigenvalue weighted by Crippen LogP contribution is -2.28. The third-order valence-corrected chi connectivity index (χ3v) is 4.56. The molecule has 128 valence electrons. The predicted molar refractivity (Wildman–Crippen MR) is 97.3 cm³/mol. The quantitative estimate of drug-likeness (QED) is 0.777. The van der Waals surface area contributed by atoms with Crippen molar-refractivity contribution in [2.75, 3.05) is 18.0 Å². The Morgan fingerprint density at radius 1 is 1.12 bits per heavy atom. The Labute approximate surface area is 146 Å². The fraction of sp³-hybridized carbons (Fsp3) is 0.316. The number of carbonyl (C=O) groups excluding carboxylic acids is 1. The van der Waals surface area contributed by atoms with Crippen molar-refractivity contribution in [3.8, 4) is 0 Å². The van der Waals surface area contributed by atoms with Crippen LogP contribution in [0, 0.1) is 0 Å². The van der Waals surface area contributed by atoms with E-state index in [1.165, 1.54) is 12.8 Å². The van der Waals surface area contributed by atoms with Crippen LogP contribution in [0.4, 0.5) is 5.82 Å². The molecule has 3 heterocycles. The lowest BCUT2D eigenvalue weighted by Gasteiger charge is -2.16. The van der Waals surface area contributed by atoms with Crippen molar-refractivity contribution < 1.29 is 4.79 Å². The van der Waals surface area contributed by atoms with Crippen molar-refractivity contribution >= 4 is 22.6 Å². The minimum absolute atomic E-state index is 0.0449. The number of carbonyl (C=O) groups is 1. The number of rotatable bonds is 5. The van der Waals surface area contributed by atoms with Gasteiger partial charge in [0.1, 0.15) is 18.2 Å². The fourth-order valence-electron chi connectivity index (χ4n) is 3.26. The largest absolute Gasteiger partial charge is 0.357 e. The SMILES string of the molecule is O=C(Cn1ccc2ccccc21)NCc1nccc(N2CCCC2)n1. The second-order valence-corrected chi connectivity index (χ2v) is 6.30. The van der Waals surface area contributed by atoms with E-state index >= 15 is 0 Å². The van der Waals surface area contributed by atoms with E-state index in [9.17, 15) is 4.79 Å². The number of anilines is 1. The van der Waals surface area contributed by atoms with E-state index in [1.54, 1.807) is 6.20 Å². The number of benzene rings is 1. The van der Waals surface area contributed by atoms with Gasteiger partial charge in [-0.2, -0.15) is 0 Å². The molecule has 1 amide bonds. The van der Waals surface area contributed by atoms with Crippen LogP contribution in [0.5, 0.6) is 0 Å². The van der Waals surface area contributed by atoms with Gasteiger partial charge in [-0.15, -0.1) is 0 Å². The van der Waals surface area contributed by atoms with Crippen molar-refractivity contribution in [1.82, 2.24) is 19.9 Å². The second-order valence-electron chi connectivity index (χ2n) is 6.30. The van der Waals surface area contributed by atoms with Gasteiger partial charge in [-0.25, -0.2) is 9.97 Å². The Morgan fingerprint density at radius 2 is 1.96 bits per heavy atom. The van der Waals surface area contributed by atoms with E-state index in [1.807, 2.05) is 47.2 Å². The molecule has 3 aromatic rings. The molecule has 1 aromatic carbocycles. The molecule has 6 nitrogen and oxygen atoms in total. The molecular weight excluding hydrogens is 314 g/mol. The number of amides is 1. The van der Waals surface area contributed by atoms with Gasteiger partial charge >= 0.3 is 0 Å². The van der Waals surface area contributed by atoms with Crippen LogP contribution in [0.2, 0.25) is 0 Å². The molecule has 0 saturated carbocycles. The average Bonchev–Trinajstić information content (AvgIpc) is 3.31. The van der Waals surface area contributed by atoms with Crippen molar-refractivity contribution in [2.24, 2.45) is 0 Å². The van der Waals surface area contributed by atoms with E-state index in [2.05, 4.69) is 20.2 Å². The van der Waals surface area contributed by atoms with Crippen LogP contribution in [0.3, 0.4) is 0 Å². The molecule has 0 radical (unpaired) electrons. The van der Waals surface area contributed by atoms with Gasteiger partial charge in [0.15, 0.2) is 0 Å². The first kappa shape index (κ1) is 15.6. The zero-order valence-corrected chi connectivity index (χ0v) is 14.1. The molecule has 0 spiro atoms. The Balaban J connectivity index is 1.38. The molecule has 25 heavy (non-hydrogen) atoms. The highest BCUT2D eigenvalue weighted by atomic mass is 16.1.